The zero-order valence-electron chi connectivity index (χ0n) is 14.2. The molecule has 0 saturated heterocycles. The van der Waals surface area contributed by atoms with Crippen LogP contribution >= 0.6 is 0 Å². The minimum atomic E-state index is -0.154. The van der Waals surface area contributed by atoms with Crippen molar-refractivity contribution < 1.29 is 14.4 Å². The van der Waals surface area contributed by atoms with E-state index in [0.717, 1.165) is 6.42 Å². The lowest BCUT2D eigenvalue weighted by Gasteiger charge is -2.18. The molecular formula is C17H25N3O3. The van der Waals surface area contributed by atoms with Crippen LogP contribution in [0.1, 0.15) is 48.4 Å². The van der Waals surface area contributed by atoms with Gasteiger partial charge in [0.1, 0.15) is 0 Å². The summed E-state index contributed by atoms with van der Waals surface area (Å²) < 4.78 is 5.16. The lowest BCUT2D eigenvalue weighted by atomic mass is 9.94. The molecule has 2 N–H and O–H groups in total. The Labute approximate surface area is 136 Å². The van der Waals surface area contributed by atoms with E-state index in [9.17, 15) is 9.90 Å². The number of aryl methyl sites for hydroxylation is 2. The van der Waals surface area contributed by atoms with Crippen molar-refractivity contribution in [3.63, 3.8) is 0 Å². The van der Waals surface area contributed by atoms with Gasteiger partial charge in [-0.15, -0.1) is 0 Å². The summed E-state index contributed by atoms with van der Waals surface area (Å²) in [7, 11) is 0. The van der Waals surface area contributed by atoms with Crippen molar-refractivity contribution in [1.29, 1.82) is 0 Å². The Hall–Kier alpha value is -1.95. The maximum Gasteiger partial charge on any atom is 0.258 e. The average molecular weight is 319 g/mol. The van der Waals surface area contributed by atoms with Crippen LogP contribution in [0, 0.1) is 25.7 Å². The summed E-state index contributed by atoms with van der Waals surface area (Å²) in [5.41, 5.74) is 2.31. The van der Waals surface area contributed by atoms with E-state index in [1.165, 1.54) is 0 Å². The quantitative estimate of drug-likeness (QED) is 0.819. The zero-order valence-corrected chi connectivity index (χ0v) is 14.2. The minimum absolute atomic E-state index is 0.136. The van der Waals surface area contributed by atoms with Crippen molar-refractivity contribution in [1.82, 2.24) is 15.5 Å². The molecule has 1 unspecified atom stereocenters. The summed E-state index contributed by atoms with van der Waals surface area (Å²) in [6.07, 6.45) is 1.66. The number of aliphatic hydroxyl groups excluding tert-OH is 1. The first-order valence-corrected chi connectivity index (χ1v) is 8.05. The third-order valence-corrected chi connectivity index (χ3v) is 3.88. The highest BCUT2D eigenvalue weighted by atomic mass is 16.5. The number of carbonyl (C=O) groups is 1. The van der Waals surface area contributed by atoms with Gasteiger partial charge in [-0.3, -0.25) is 4.79 Å². The maximum atomic E-state index is 12.6. The van der Waals surface area contributed by atoms with E-state index < -0.39 is 0 Å². The molecule has 0 aliphatic rings. The molecule has 6 nitrogen and oxygen atoms in total. The Kier molecular flexibility index (Phi) is 5.71. The Morgan fingerprint density at radius 3 is 2.78 bits per heavy atom. The summed E-state index contributed by atoms with van der Waals surface area (Å²) in [5, 5.41) is 16.7. The van der Waals surface area contributed by atoms with Crippen LogP contribution in [0.15, 0.2) is 10.6 Å². The molecule has 2 aromatic heterocycles. The summed E-state index contributed by atoms with van der Waals surface area (Å²) >= 11 is 0. The molecule has 0 bridgehead atoms. The first-order valence-electron chi connectivity index (χ1n) is 8.05. The Morgan fingerprint density at radius 2 is 2.13 bits per heavy atom. The van der Waals surface area contributed by atoms with Crippen LogP contribution in [0.5, 0.6) is 0 Å². The summed E-state index contributed by atoms with van der Waals surface area (Å²) in [6, 6.07) is 1.76. The smallest absolute Gasteiger partial charge is 0.258 e. The van der Waals surface area contributed by atoms with Crippen LogP contribution in [-0.2, 0) is 0 Å². The molecule has 23 heavy (non-hydrogen) atoms. The third kappa shape index (κ3) is 4.28. The van der Waals surface area contributed by atoms with Gasteiger partial charge in [0.15, 0.2) is 0 Å². The van der Waals surface area contributed by atoms with Gasteiger partial charge in [-0.25, -0.2) is 4.98 Å². The molecule has 0 aromatic carbocycles. The van der Waals surface area contributed by atoms with Crippen molar-refractivity contribution in [2.45, 2.75) is 40.5 Å². The topological polar surface area (TPSA) is 88.2 Å². The minimum Gasteiger partial charge on any atom is -0.396 e. The normalized spacial score (nSPS) is 12.8. The van der Waals surface area contributed by atoms with Gasteiger partial charge < -0.3 is 14.9 Å². The molecular weight excluding hydrogens is 294 g/mol. The standard InChI is InChI=1S/C17H25N3O3/c1-10(2)7-13(5-6-21)9-18-16(22)14-8-11(3)19-17-15(14)12(4)20-23-17/h8,10,13,21H,5-7,9H2,1-4H3,(H,18,22). The van der Waals surface area contributed by atoms with Crippen molar-refractivity contribution in [3.8, 4) is 0 Å². The fourth-order valence-electron chi connectivity index (χ4n) is 2.88. The molecule has 2 heterocycles. The molecule has 0 aliphatic carbocycles. The molecule has 0 radical (unpaired) electrons. The summed E-state index contributed by atoms with van der Waals surface area (Å²) in [4.78, 5) is 16.8. The van der Waals surface area contributed by atoms with Crippen molar-refractivity contribution in [2.75, 3.05) is 13.2 Å². The fraction of sp³-hybridized carbons (Fsp3) is 0.588. The van der Waals surface area contributed by atoms with Crippen molar-refractivity contribution in [2.24, 2.45) is 11.8 Å². The molecule has 126 valence electrons. The molecule has 6 heteroatoms. The van der Waals surface area contributed by atoms with E-state index in [1.54, 1.807) is 13.0 Å². The van der Waals surface area contributed by atoms with E-state index >= 15 is 0 Å². The predicted molar refractivity (Wildman–Crippen MR) is 88.3 cm³/mol. The fourth-order valence-corrected chi connectivity index (χ4v) is 2.88. The van der Waals surface area contributed by atoms with Crippen LogP contribution in [0.2, 0.25) is 0 Å². The number of nitrogens with zero attached hydrogens (tertiary/aromatic N) is 2. The van der Waals surface area contributed by atoms with Gasteiger partial charge in [0, 0.05) is 18.8 Å². The van der Waals surface area contributed by atoms with Gasteiger partial charge in [0.25, 0.3) is 11.6 Å². The number of carbonyl (C=O) groups excluding carboxylic acids is 1. The monoisotopic (exact) mass is 319 g/mol. The van der Waals surface area contributed by atoms with Crippen LogP contribution in [0.25, 0.3) is 11.1 Å². The molecule has 2 aromatic rings. The van der Waals surface area contributed by atoms with Gasteiger partial charge in [0.05, 0.1) is 16.6 Å². The largest absolute Gasteiger partial charge is 0.396 e. The number of pyridine rings is 1. The number of hydrogen-bond acceptors (Lipinski definition) is 5. The zero-order chi connectivity index (χ0) is 17.0. The SMILES string of the molecule is Cc1cc(C(=O)NCC(CCO)CC(C)C)c2c(C)noc2n1. The highest BCUT2D eigenvalue weighted by molar-refractivity contribution is 6.06. The van der Waals surface area contributed by atoms with Crippen molar-refractivity contribution >= 4 is 17.0 Å². The maximum absolute atomic E-state index is 12.6. The van der Waals surface area contributed by atoms with Gasteiger partial charge in [-0.2, -0.15) is 0 Å². The first kappa shape index (κ1) is 17.4. The van der Waals surface area contributed by atoms with Crippen molar-refractivity contribution in [3.05, 3.63) is 23.0 Å². The molecule has 0 spiro atoms. The van der Waals surface area contributed by atoms with E-state index in [1.807, 2.05) is 6.92 Å². The summed E-state index contributed by atoms with van der Waals surface area (Å²) in [5.74, 6) is 0.642. The number of hydrogen-bond donors (Lipinski definition) is 2. The van der Waals surface area contributed by atoms with Crippen LogP contribution in [-0.4, -0.2) is 34.3 Å². The van der Waals surface area contributed by atoms with E-state index in [0.29, 0.717) is 46.9 Å². The number of nitrogens with one attached hydrogen (secondary N) is 1. The van der Waals surface area contributed by atoms with Gasteiger partial charge in [-0.1, -0.05) is 19.0 Å². The lowest BCUT2D eigenvalue weighted by Crippen LogP contribution is -2.30. The molecule has 1 amide bonds. The van der Waals surface area contributed by atoms with E-state index in [-0.39, 0.29) is 18.4 Å². The second-order valence-electron chi connectivity index (χ2n) is 6.48. The second-order valence-corrected chi connectivity index (χ2v) is 6.48. The first-order chi connectivity index (χ1) is 10.9. The van der Waals surface area contributed by atoms with Crippen LogP contribution in [0.3, 0.4) is 0 Å². The highest BCUT2D eigenvalue weighted by Crippen LogP contribution is 2.22. The third-order valence-electron chi connectivity index (χ3n) is 3.88. The van der Waals surface area contributed by atoms with Gasteiger partial charge in [-0.05, 0) is 44.6 Å². The molecule has 0 saturated carbocycles. The number of rotatable bonds is 7. The number of aromatic nitrogens is 2. The van der Waals surface area contributed by atoms with Crippen LogP contribution < -0.4 is 5.32 Å². The Morgan fingerprint density at radius 1 is 1.39 bits per heavy atom. The Bertz CT molecular complexity index is 679. The second kappa shape index (κ2) is 7.55. The molecule has 1 atom stereocenters. The predicted octanol–water partition coefficient (Wildman–Crippen LogP) is 2.61. The Balaban J connectivity index is 2.15. The number of amides is 1. The summed E-state index contributed by atoms with van der Waals surface area (Å²) in [6.45, 7) is 8.58. The molecule has 0 aliphatic heterocycles. The van der Waals surface area contributed by atoms with E-state index in [2.05, 4.69) is 29.3 Å². The van der Waals surface area contributed by atoms with Crippen LogP contribution in [0.4, 0.5) is 0 Å². The molecule has 2 rings (SSSR count). The van der Waals surface area contributed by atoms with Gasteiger partial charge in [0.2, 0.25) is 0 Å². The lowest BCUT2D eigenvalue weighted by molar-refractivity contribution is 0.0942. The number of aliphatic hydroxyl groups is 1. The van der Waals surface area contributed by atoms with Gasteiger partial charge >= 0.3 is 0 Å². The average Bonchev–Trinajstić information content (AvgIpc) is 2.84. The number of fused-ring (bicyclic) bond motifs is 1. The van der Waals surface area contributed by atoms with E-state index in [4.69, 9.17) is 4.52 Å². The molecule has 0 fully saturated rings. The highest BCUT2D eigenvalue weighted by Gasteiger charge is 2.19.